The molecule has 2 aromatic carbocycles. The minimum absolute atomic E-state index is 0. The van der Waals surface area contributed by atoms with Crippen LogP contribution in [0.3, 0.4) is 0 Å². The van der Waals surface area contributed by atoms with Crippen molar-refractivity contribution in [3.05, 3.63) is 89.4 Å². The first-order valence-corrected chi connectivity index (χ1v) is 19.9. The minimum Gasteiger partial charge on any atom is -1.00 e. The molecule has 4 amide bonds. The van der Waals surface area contributed by atoms with Crippen molar-refractivity contribution in [2.75, 3.05) is 16.9 Å². The van der Waals surface area contributed by atoms with E-state index in [0.717, 1.165) is 17.0 Å². The van der Waals surface area contributed by atoms with E-state index in [4.69, 9.17) is 14.2 Å². The third kappa shape index (κ3) is 9.76. The number of alkyl halides is 9. The van der Waals surface area contributed by atoms with Gasteiger partial charge in [0.1, 0.15) is 0 Å². The maximum absolute atomic E-state index is 13.1. The molecule has 13 unspecified atom stereocenters. The summed E-state index contributed by atoms with van der Waals surface area (Å²) < 4.78 is 163. The van der Waals surface area contributed by atoms with Crippen molar-refractivity contribution in [1.82, 2.24) is 0 Å². The number of halogens is 13. The standard InChI is InChI=1S/C18H18F3NO3.C16H9F6NO3.C8H10O.BF3.FH.Pd/c1-7-4-10(18(19,20)21)6-11(5-7)22-16(23)12-13(17(22)24)15-9(3)8(2)14(12)25-15;17-15(18,19)6-3-7(16(20,21)22)5-8(4-6)23-13(24)11-9-1-2-10(26-9)12(11)14(23)25;1-9-8-5-6-2-3-7(8)4-6;2-1(3)4;;/h4-6,8-9,12-15H,1-3H3;1-5,9-12H;3,5-8H,4H2,1H3;;1H;/q;;-2;;;/p-1. The fraction of sp³-hybridized carbons (Fsp3) is 0.500. The second kappa shape index (κ2) is 19.1. The SMILES string of the molecule is COC1[CH-]C2[C-]=CC1C2.Cc1cc(N2C(=O)C3C4OC(C(C)C4C)C3C2=O)cc(C(F)(F)F)c1.FB(F)F.O=C1C2C3C=CC(O3)C2C(=O)N1c1cc(C(F)(F)F)cc(C(F)(F)F)c1.[F-].[Pd]. The van der Waals surface area contributed by atoms with Gasteiger partial charge in [-0.25, -0.2) is 9.80 Å². The molecular weight excluding hydrogens is 1010 g/mol. The van der Waals surface area contributed by atoms with Crippen molar-refractivity contribution in [2.45, 2.75) is 76.2 Å². The quantitative estimate of drug-likeness (QED) is 0.133. The van der Waals surface area contributed by atoms with Gasteiger partial charge in [0.25, 0.3) is 0 Å². The number of anilines is 2. The topological polar surface area (TPSA) is 102 Å². The molecule has 2 aliphatic carbocycles. The monoisotopic (exact) mass is 1050 g/mol. The molecule has 13 atom stereocenters. The van der Waals surface area contributed by atoms with Crippen molar-refractivity contribution in [3.63, 3.8) is 0 Å². The Kier molecular flexibility index (Phi) is 15.3. The summed E-state index contributed by atoms with van der Waals surface area (Å²) in [6, 6.07) is 4.03. The normalized spacial score (nSPS) is 32.8. The Bertz CT molecular complexity index is 2160. The predicted molar refractivity (Wildman–Crippen MR) is 200 cm³/mol. The van der Waals surface area contributed by atoms with E-state index in [0.29, 0.717) is 40.5 Å². The van der Waals surface area contributed by atoms with E-state index in [1.165, 1.54) is 19.4 Å². The molecular formula is C42H37BF13N2O7Pd-3. The fourth-order valence-corrected chi connectivity index (χ4v) is 9.86. The Morgan fingerprint density at radius 2 is 1.06 bits per heavy atom. The number of nitrogens with zero attached hydrogens (tertiary/aromatic N) is 2. The third-order valence-electron chi connectivity index (χ3n) is 12.8. The first-order valence-electron chi connectivity index (χ1n) is 19.9. The number of fused-ring (bicyclic) bond motifs is 12. The molecule has 9 nitrogen and oxygen atoms in total. The molecule has 0 aromatic heterocycles. The van der Waals surface area contributed by atoms with Crippen LogP contribution in [0.15, 0.2) is 54.6 Å². The number of rotatable bonds is 3. The van der Waals surface area contributed by atoms with Gasteiger partial charge in [0.2, 0.25) is 23.6 Å². The molecule has 6 bridgehead atoms. The van der Waals surface area contributed by atoms with Crippen molar-refractivity contribution < 1.29 is 111 Å². The van der Waals surface area contributed by atoms with Crippen LogP contribution in [0.5, 0.6) is 0 Å². The van der Waals surface area contributed by atoms with E-state index < -0.39 is 108 Å². The van der Waals surface area contributed by atoms with Gasteiger partial charge in [-0.1, -0.05) is 44.4 Å². The molecule has 1 saturated carbocycles. The molecule has 8 aliphatic rings. The zero-order valence-electron chi connectivity index (χ0n) is 34.5. The fourth-order valence-electron chi connectivity index (χ4n) is 9.86. The molecule has 66 heavy (non-hydrogen) atoms. The van der Waals surface area contributed by atoms with E-state index in [1.54, 1.807) is 19.3 Å². The average molecular weight is 1050 g/mol. The summed E-state index contributed by atoms with van der Waals surface area (Å²) in [5.74, 6) is -4.11. The molecule has 6 aliphatic heterocycles. The summed E-state index contributed by atoms with van der Waals surface area (Å²) in [7, 11) is -1.89. The number of ether oxygens (including phenoxy) is 3. The van der Waals surface area contributed by atoms with Crippen LogP contribution in [0.4, 0.5) is 63.8 Å². The van der Waals surface area contributed by atoms with Crippen LogP contribution in [0.25, 0.3) is 0 Å². The van der Waals surface area contributed by atoms with Gasteiger partial charge in [-0.2, -0.15) is 39.5 Å². The Morgan fingerprint density at radius 3 is 1.41 bits per heavy atom. The Morgan fingerprint density at radius 1 is 0.667 bits per heavy atom. The largest absolute Gasteiger partial charge is 1.00 e. The number of carbonyl (C=O) groups excluding carboxylic acids is 4. The van der Waals surface area contributed by atoms with E-state index in [-0.39, 0.29) is 60.9 Å². The van der Waals surface area contributed by atoms with Gasteiger partial charge in [-0.05, 0) is 60.7 Å². The number of methoxy groups -OCH3 is 1. The van der Waals surface area contributed by atoms with E-state index in [1.807, 2.05) is 13.8 Å². The summed E-state index contributed by atoms with van der Waals surface area (Å²) in [4.78, 5) is 52.1. The van der Waals surface area contributed by atoms with E-state index >= 15 is 0 Å². The predicted octanol–water partition coefficient (Wildman–Crippen LogP) is 5.44. The van der Waals surface area contributed by atoms with Crippen LogP contribution >= 0.6 is 0 Å². The van der Waals surface area contributed by atoms with Gasteiger partial charge in [-0.3, -0.25) is 38.2 Å². The van der Waals surface area contributed by atoms with Crippen LogP contribution in [0.1, 0.15) is 42.5 Å². The number of amides is 4. The van der Waals surface area contributed by atoms with E-state index in [9.17, 15) is 71.6 Å². The second-order valence-corrected chi connectivity index (χ2v) is 16.7. The van der Waals surface area contributed by atoms with Crippen molar-refractivity contribution in [1.29, 1.82) is 0 Å². The summed E-state index contributed by atoms with van der Waals surface area (Å²) in [6.45, 7) is 5.49. The van der Waals surface area contributed by atoms with Gasteiger partial charge >= 0.3 is 26.1 Å². The number of aryl methyl sites for hydroxylation is 1. The van der Waals surface area contributed by atoms with Gasteiger partial charge in [0, 0.05) is 27.5 Å². The van der Waals surface area contributed by atoms with E-state index in [2.05, 4.69) is 18.6 Å². The van der Waals surface area contributed by atoms with Crippen molar-refractivity contribution >= 4 is 42.5 Å². The van der Waals surface area contributed by atoms with Crippen LogP contribution in [0, 0.1) is 66.8 Å². The average Bonchev–Trinajstić information content (AvgIpc) is 4.08. The van der Waals surface area contributed by atoms with Crippen LogP contribution in [-0.4, -0.2) is 68.8 Å². The summed E-state index contributed by atoms with van der Waals surface area (Å²) in [5, 5.41) is 0. The molecule has 6 fully saturated rings. The molecule has 364 valence electrons. The molecule has 6 heterocycles. The number of imide groups is 2. The molecule has 5 saturated heterocycles. The van der Waals surface area contributed by atoms with Gasteiger partial charge in [0.05, 0.1) is 76.2 Å². The van der Waals surface area contributed by atoms with Crippen molar-refractivity contribution in [3.8, 4) is 0 Å². The summed E-state index contributed by atoms with van der Waals surface area (Å²) in [6.07, 6.45) is -4.33. The third-order valence-corrected chi connectivity index (χ3v) is 12.8. The van der Waals surface area contributed by atoms with Gasteiger partial charge in [-0.15, -0.1) is 0 Å². The van der Waals surface area contributed by atoms with Crippen LogP contribution < -0.4 is 14.5 Å². The smallest absolute Gasteiger partial charge is 0.762 e. The molecule has 24 heteroatoms. The molecule has 2 aromatic rings. The second-order valence-electron chi connectivity index (χ2n) is 16.7. The first-order chi connectivity index (χ1) is 29.7. The first kappa shape index (κ1) is 52.9. The number of allylic oxidation sites excluding steroid dienone is 1. The summed E-state index contributed by atoms with van der Waals surface area (Å²) in [5.41, 5.74) is -4.42. The maximum atomic E-state index is 13.1. The van der Waals surface area contributed by atoms with Crippen molar-refractivity contribution in [2.24, 2.45) is 47.3 Å². The maximum Gasteiger partial charge on any atom is 0.762 e. The minimum atomic E-state index is -5.07. The Labute approximate surface area is 382 Å². The number of hydrogen-bond acceptors (Lipinski definition) is 7. The Hall–Kier alpha value is -4.10. The molecule has 0 N–H and O–H groups in total. The Balaban J connectivity index is 0.000000190. The number of carbonyl (C=O) groups is 4. The van der Waals surface area contributed by atoms with Crippen LogP contribution in [0.2, 0.25) is 0 Å². The molecule has 0 radical (unpaired) electrons. The molecule has 10 rings (SSSR count). The number of benzene rings is 2. The van der Waals surface area contributed by atoms with Gasteiger partial charge < -0.3 is 37.3 Å². The zero-order valence-corrected chi connectivity index (χ0v) is 36.1. The van der Waals surface area contributed by atoms with Crippen LogP contribution in [-0.2, 0) is 72.3 Å². The summed E-state index contributed by atoms with van der Waals surface area (Å²) >= 11 is 0. The molecule has 0 spiro atoms. The number of hydrogen-bond donors (Lipinski definition) is 0. The van der Waals surface area contributed by atoms with Gasteiger partial charge in [0.15, 0.2) is 0 Å². The zero-order chi connectivity index (χ0) is 47.1.